The van der Waals surface area contributed by atoms with E-state index in [2.05, 4.69) is 24.1 Å². The lowest BCUT2D eigenvalue weighted by atomic mass is 10.0. The third-order valence-electron chi connectivity index (χ3n) is 3.53. The van der Waals surface area contributed by atoms with Crippen LogP contribution in [0.2, 0.25) is 0 Å². The molecule has 0 aliphatic carbocycles. The molecule has 1 aliphatic heterocycles. The predicted octanol–water partition coefficient (Wildman–Crippen LogP) is 0.180. The molecule has 3 atom stereocenters. The fourth-order valence-electron chi connectivity index (χ4n) is 2.29. The van der Waals surface area contributed by atoms with Crippen LogP contribution < -0.4 is 11.1 Å². The Kier molecular flexibility index (Phi) is 3.73. The lowest BCUT2D eigenvalue weighted by molar-refractivity contribution is -0.124. The molecule has 15 heavy (non-hydrogen) atoms. The molecule has 1 rings (SSSR count). The lowest BCUT2D eigenvalue weighted by Crippen LogP contribution is -2.58. The van der Waals surface area contributed by atoms with Crippen LogP contribution in [0.1, 0.15) is 27.2 Å². The summed E-state index contributed by atoms with van der Waals surface area (Å²) in [5.74, 6) is 0.436. The molecular formula is C11H23N3O. The van der Waals surface area contributed by atoms with Crippen LogP contribution in [0.3, 0.4) is 0 Å². The molecule has 3 unspecified atom stereocenters. The first-order valence-electron chi connectivity index (χ1n) is 5.62. The quantitative estimate of drug-likeness (QED) is 0.700. The predicted molar refractivity (Wildman–Crippen MR) is 61.5 cm³/mol. The maximum Gasteiger partial charge on any atom is 0.238 e. The third kappa shape index (κ3) is 2.69. The van der Waals surface area contributed by atoms with Gasteiger partial charge in [0.15, 0.2) is 0 Å². The summed E-state index contributed by atoms with van der Waals surface area (Å²) in [6, 6.07) is 0.548. The molecule has 0 aromatic rings. The van der Waals surface area contributed by atoms with Crippen molar-refractivity contribution in [2.24, 2.45) is 11.7 Å². The number of nitrogens with zero attached hydrogens (tertiary/aromatic N) is 1. The molecular weight excluding hydrogens is 190 g/mol. The third-order valence-corrected chi connectivity index (χ3v) is 3.53. The highest BCUT2D eigenvalue weighted by molar-refractivity contribution is 5.84. The van der Waals surface area contributed by atoms with Crippen molar-refractivity contribution in [3.63, 3.8) is 0 Å². The number of hydrogen-bond acceptors (Lipinski definition) is 3. The zero-order chi connectivity index (χ0) is 11.6. The number of hydrogen-bond donors (Lipinski definition) is 2. The van der Waals surface area contributed by atoms with Crippen molar-refractivity contribution in [2.75, 3.05) is 20.1 Å². The minimum absolute atomic E-state index is 0.281. The largest absolute Gasteiger partial charge is 0.368 e. The van der Waals surface area contributed by atoms with Crippen molar-refractivity contribution < 1.29 is 4.79 Å². The summed E-state index contributed by atoms with van der Waals surface area (Å²) < 4.78 is 0. The number of nitrogens with two attached hydrogens (primary N) is 1. The first kappa shape index (κ1) is 12.5. The summed E-state index contributed by atoms with van der Waals surface area (Å²) >= 11 is 0. The van der Waals surface area contributed by atoms with Crippen LogP contribution in [0, 0.1) is 5.92 Å². The summed E-state index contributed by atoms with van der Waals surface area (Å²) in [5, 5.41) is 3.02. The summed E-state index contributed by atoms with van der Waals surface area (Å²) in [7, 11) is 1.79. The van der Waals surface area contributed by atoms with Gasteiger partial charge in [-0.05, 0) is 33.2 Å². The van der Waals surface area contributed by atoms with Crippen molar-refractivity contribution in [3.05, 3.63) is 0 Å². The van der Waals surface area contributed by atoms with E-state index in [9.17, 15) is 4.79 Å². The van der Waals surface area contributed by atoms with Crippen molar-refractivity contribution in [1.82, 2.24) is 10.2 Å². The van der Waals surface area contributed by atoms with E-state index in [1.54, 1.807) is 7.05 Å². The summed E-state index contributed by atoms with van der Waals surface area (Å²) in [6.07, 6.45) is 1.21. The molecule has 88 valence electrons. The summed E-state index contributed by atoms with van der Waals surface area (Å²) in [5.41, 5.74) is 4.80. The Balaban J connectivity index is 2.63. The van der Waals surface area contributed by atoms with Gasteiger partial charge < -0.3 is 11.1 Å². The first-order chi connectivity index (χ1) is 6.89. The number of likely N-dealkylation sites (tertiary alicyclic amines) is 1. The zero-order valence-electron chi connectivity index (χ0n) is 10.2. The Labute approximate surface area is 92.2 Å². The zero-order valence-corrected chi connectivity index (χ0v) is 10.2. The topological polar surface area (TPSA) is 58.4 Å². The van der Waals surface area contributed by atoms with Gasteiger partial charge in [-0.25, -0.2) is 0 Å². The number of nitrogens with one attached hydrogen (secondary N) is 1. The van der Waals surface area contributed by atoms with Gasteiger partial charge in [0.05, 0.1) is 0 Å². The summed E-state index contributed by atoms with van der Waals surface area (Å²) in [4.78, 5) is 13.7. The van der Waals surface area contributed by atoms with E-state index in [1.807, 2.05) is 6.92 Å². The summed E-state index contributed by atoms with van der Waals surface area (Å²) in [6.45, 7) is 8.08. The van der Waals surface area contributed by atoms with E-state index >= 15 is 0 Å². The first-order valence-corrected chi connectivity index (χ1v) is 5.62. The van der Waals surface area contributed by atoms with Crippen LogP contribution in [0.15, 0.2) is 0 Å². The number of rotatable bonds is 4. The molecule has 1 aliphatic rings. The highest BCUT2D eigenvalue weighted by atomic mass is 16.1. The van der Waals surface area contributed by atoms with Gasteiger partial charge in [0, 0.05) is 19.1 Å². The fraction of sp³-hybridized carbons (Fsp3) is 0.909. The molecule has 4 nitrogen and oxygen atoms in total. The molecule has 1 heterocycles. The SMILES string of the molecule is CNC(C)(CN1CC(C)CC1C)C(N)=O. The minimum Gasteiger partial charge on any atom is -0.368 e. The Morgan fingerprint density at radius 2 is 2.20 bits per heavy atom. The number of carbonyl (C=O) groups excluding carboxylic acids is 1. The van der Waals surface area contributed by atoms with Crippen molar-refractivity contribution >= 4 is 5.91 Å². The Morgan fingerprint density at radius 3 is 2.53 bits per heavy atom. The standard InChI is InChI=1S/C11H23N3O/c1-8-5-9(2)14(6-8)7-11(3,13-4)10(12)15/h8-9,13H,5-7H2,1-4H3,(H2,12,15). The molecule has 0 spiro atoms. The van der Waals surface area contributed by atoms with E-state index in [1.165, 1.54) is 6.42 Å². The van der Waals surface area contributed by atoms with Crippen molar-refractivity contribution in [3.8, 4) is 0 Å². The van der Waals surface area contributed by atoms with Gasteiger partial charge >= 0.3 is 0 Å². The second-order valence-corrected chi connectivity index (χ2v) is 5.07. The van der Waals surface area contributed by atoms with E-state index in [-0.39, 0.29) is 5.91 Å². The average molecular weight is 213 g/mol. The van der Waals surface area contributed by atoms with Crippen LogP contribution >= 0.6 is 0 Å². The Morgan fingerprint density at radius 1 is 1.60 bits per heavy atom. The highest BCUT2D eigenvalue weighted by Crippen LogP contribution is 2.23. The van der Waals surface area contributed by atoms with Crippen LogP contribution in [0.25, 0.3) is 0 Å². The fourth-order valence-corrected chi connectivity index (χ4v) is 2.29. The van der Waals surface area contributed by atoms with E-state index in [0.29, 0.717) is 18.5 Å². The molecule has 1 saturated heterocycles. The Bertz CT molecular complexity index is 244. The van der Waals surface area contributed by atoms with Gasteiger partial charge in [0.1, 0.15) is 5.54 Å². The van der Waals surface area contributed by atoms with Crippen molar-refractivity contribution in [1.29, 1.82) is 0 Å². The molecule has 3 N–H and O–H groups in total. The highest BCUT2D eigenvalue weighted by Gasteiger charge is 2.36. The van der Waals surface area contributed by atoms with Crippen LogP contribution in [-0.2, 0) is 4.79 Å². The van der Waals surface area contributed by atoms with Crippen LogP contribution in [0.5, 0.6) is 0 Å². The maximum absolute atomic E-state index is 11.4. The van der Waals surface area contributed by atoms with Gasteiger partial charge in [-0.15, -0.1) is 0 Å². The van der Waals surface area contributed by atoms with E-state index in [0.717, 1.165) is 6.54 Å². The molecule has 1 fully saturated rings. The number of primary amides is 1. The molecule has 0 aromatic heterocycles. The minimum atomic E-state index is -0.613. The monoisotopic (exact) mass is 213 g/mol. The van der Waals surface area contributed by atoms with E-state index in [4.69, 9.17) is 5.73 Å². The molecule has 0 bridgehead atoms. The van der Waals surface area contributed by atoms with Gasteiger partial charge in [0.25, 0.3) is 0 Å². The van der Waals surface area contributed by atoms with Crippen LogP contribution in [0.4, 0.5) is 0 Å². The second-order valence-electron chi connectivity index (χ2n) is 5.07. The van der Waals surface area contributed by atoms with Gasteiger partial charge in [-0.1, -0.05) is 6.92 Å². The molecule has 0 radical (unpaired) electrons. The Hall–Kier alpha value is -0.610. The lowest BCUT2D eigenvalue weighted by Gasteiger charge is -2.32. The number of amides is 1. The molecule has 4 heteroatoms. The molecule has 0 aromatic carbocycles. The van der Waals surface area contributed by atoms with Gasteiger partial charge in [-0.3, -0.25) is 9.69 Å². The molecule has 1 amide bonds. The molecule has 0 saturated carbocycles. The number of likely N-dealkylation sites (N-methyl/N-ethyl adjacent to an activating group) is 1. The smallest absolute Gasteiger partial charge is 0.238 e. The van der Waals surface area contributed by atoms with Crippen molar-refractivity contribution in [2.45, 2.75) is 38.8 Å². The normalized spacial score (nSPS) is 31.5. The average Bonchev–Trinajstić information content (AvgIpc) is 2.44. The van der Waals surface area contributed by atoms with Gasteiger partial charge in [-0.2, -0.15) is 0 Å². The second kappa shape index (κ2) is 4.49. The van der Waals surface area contributed by atoms with Gasteiger partial charge in [0.2, 0.25) is 5.91 Å². The van der Waals surface area contributed by atoms with E-state index < -0.39 is 5.54 Å². The van der Waals surface area contributed by atoms with Crippen LogP contribution in [-0.4, -0.2) is 42.5 Å². The number of carbonyl (C=O) groups is 1. The maximum atomic E-state index is 11.4.